The fourth-order valence-electron chi connectivity index (χ4n) is 1.86. The maximum atomic E-state index is 12.3. The highest BCUT2D eigenvalue weighted by atomic mass is 35.5. The highest BCUT2D eigenvalue weighted by Crippen LogP contribution is 2.13. The second-order valence-corrected chi connectivity index (χ2v) is 4.43. The molecular formula is C12H19ClN4O. The van der Waals surface area contributed by atoms with E-state index in [4.69, 9.17) is 0 Å². The zero-order valence-corrected chi connectivity index (χ0v) is 11.8. The first kappa shape index (κ1) is 14.9. The van der Waals surface area contributed by atoms with Gasteiger partial charge in [-0.1, -0.05) is 6.92 Å². The Bertz CT molecular complexity index is 434. The standard InChI is InChI=1S/C12H18N4O.ClH/c1-4-11-10(5-8(2)14-15-11)12(17)16(3)9-6-13-7-9;/h5,9,13H,4,6-7H2,1-3H3;1H. The number of likely N-dealkylation sites (N-methyl/N-ethyl adjacent to an activating group) is 1. The number of hydrogen-bond acceptors (Lipinski definition) is 4. The van der Waals surface area contributed by atoms with Gasteiger partial charge in [0.1, 0.15) is 0 Å². The van der Waals surface area contributed by atoms with Crippen LogP contribution < -0.4 is 5.32 Å². The molecule has 1 aliphatic rings. The molecule has 0 atom stereocenters. The van der Waals surface area contributed by atoms with Gasteiger partial charge in [-0.15, -0.1) is 12.4 Å². The Morgan fingerprint density at radius 2 is 2.17 bits per heavy atom. The molecule has 100 valence electrons. The van der Waals surface area contributed by atoms with Gasteiger partial charge < -0.3 is 10.2 Å². The lowest BCUT2D eigenvalue weighted by Crippen LogP contribution is -2.57. The summed E-state index contributed by atoms with van der Waals surface area (Å²) in [5.41, 5.74) is 2.25. The second kappa shape index (κ2) is 6.11. The number of aryl methyl sites for hydroxylation is 2. The number of carbonyl (C=O) groups is 1. The molecule has 6 heteroatoms. The van der Waals surface area contributed by atoms with Crippen molar-refractivity contribution in [2.24, 2.45) is 0 Å². The van der Waals surface area contributed by atoms with E-state index in [1.807, 2.05) is 27.0 Å². The van der Waals surface area contributed by atoms with Gasteiger partial charge in [0.15, 0.2) is 0 Å². The SMILES string of the molecule is CCc1nnc(C)cc1C(=O)N(C)C1CNC1.Cl. The maximum Gasteiger partial charge on any atom is 0.255 e. The smallest absolute Gasteiger partial charge is 0.255 e. The predicted octanol–water partition coefficient (Wildman–Crippen LogP) is 0.813. The number of aromatic nitrogens is 2. The summed E-state index contributed by atoms with van der Waals surface area (Å²) in [4.78, 5) is 14.1. The lowest BCUT2D eigenvalue weighted by Gasteiger charge is -2.35. The number of amides is 1. The lowest BCUT2D eigenvalue weighted by molar-refractivity contribution is 0.0679. The van der Waals surface area contributed by atoms with Gasteiger partial charge in [0.2, 0.25) is 0 Å². The van der Waals surface area contributed by atoms with Crippen LogP contribution in [-0.2, 0) is 6.42 Å². The van der Waals surface area contributed by atoms with Crippen molar-refractivity contribution in [2.45, 2.75) is 26.3 Å². The van der Waals surface area contributed by atoms with Gasteiger partial charge in [-0.25, -0.2) is 0 Å². The number of nitrogens with zero attached hydrogens (tertiary/aromatic N) is 3. The predicted molar refractivity (Wildman–Crippen MR) is 72.1 cm³/mol. The van der Waals surface area contributed by atoms with Gasteiger partial charge in [-0.05, 0) is 19.4 Å². The van der Waals surface area contributed by atoms with Crippen LogP contribution in [0.4, 0.5) is 0 Å². The summed E-state index contributed by atoms with van der Waals surface area (Å²) >= 11 is 0. The van der Waals surface area contributed by atoms with Crippen molar-refractivity contribution < 1.29 is 4.79 Å². The van der Waals surface area contributed by atoms with E-state index in [2.05, 4.69) is 15.5 Å². The zero-order valence-electron chi connectivity index (χ0n) is 10.9. The fourth-order valence-corrected chi connectivity index (χ4v) is 1.86. The minimum Gasteiger partial charge on any atom is -0.336 e. The van der Waals surface area contributed by atoms with Crippen LogP contribution >= 0.6 is 12.4 Å². The maximum absolute atomic E-state index is 12.3. The molecule has 1 aromatic rings. The molecule has 0 aliphatic carbocycles. The van der Waals surface area contributed by atoms with Crippen LogP contribution in [0.5, 0.6) is 0 Å². The molecule has 1 fully saturated rings. The number of nitrogens with one attached hydrogen (secondary N) is 1. The Balaban J connectivity index is 0.00000162. The third kappa shape index (κ3) is 2.79. The molecule has 1 aromatic heterocycles. The van der Waals surface area contributed by atoms with E-state index in [9.17, 15) is 4.79 Å². The molecule has 1 saturated heterocycles. The van der Waals surface area contributed by atoms with Gasteiger partial charge in [0.05, 0.1) is 23.0 Å². The van der Waals surface area contributed by atoms with E-state index in [1.54, 1.807) is 4.90 Å². The monoisotopic (exact) mass is 270 g/mol. The Morgan fingerprint density at radius 1 is 1.50 bits per heavy atom. The minimum atomic E-state index is 0. The van der Waals surface area contributed by atoms with Crippen molar-refractivity contribution in [1.29, 1.82) is 0 Å². The molecule has 1 aliphatic heterocycles. The molecular weight excluding hydrogens is 252 g/mol. The summed E-state index contributed by atoms with van der Waals surface area (Å²) in [6.45, 7) is 5.59. The molecule has 2 heterocycles. The van der Waals surface area contributed by atoms with E-state index in [0.29, 0.717) is 11.6 Å². The first-order valence-electron chi connectivity index (χ1n) is 5.94. The fraction of sp³-hybridized carbons (Fsp3) is 0.583. The van der Waals surface area contributed by atoms with Crippen molar-refractivity contribution >= 4 is 18.3 Å². The lowest BCUT2D eigenvalue weighted by atomic mass is 10.1. The second-order valence-electron chi connectivity index (χ2n) is 4.43. The van der Waals surface area contributed by atoms with Crippen LogP contribution in [0.25, 0.3) is 0 Å². The third-order valence-electron chi connectivity index (χ3n) is 3.19. The summed E-state index contributed by atoms with van der Waals surface area (Å²) in [5, 5.41) is 11.3. The van der Waals surface area contributed by atoms with Crippen molar-refractivity contribution in [1.82, 2.24) is 20.4 Å². The third-order valence-corrected chi connectivity index (χ3v) is 3.19. The molecule has 0 saturated carbocycles. The van der Waals surface area contributed by atoms with Gasteiger partial charge in [-0.3, -0.25) is 4.79 Å². The van der Waals surface area contributed by atoms with Gasteiger partial charge in [0.25, 0.3) is 5.91 Å². The largest absolute Gasteiger partial charge is 0.336 e. The Morgan fingerprint density at radius 3 is 2.67 bits per heavy atom. The van der Waals surface area contributed by atoms with E-state index in [0.717, 1.165) is 30.9 Å². The average Bonchev–Trinajstić information content (AvgIpc) is 2.25. The molecule has 2 rings (SSSR count). The quantitative estimate of drug-likeness (QED) is 0.883. The van der Waals surface area contributed by atoms with E-state index in [-0.39, 0.29) is 18.3 Å². The van der Waals surface area contributed by atoms with E-state index < -0.39 is 0 Å². The summed E-state index contributed by atoms with van der Waals surface area (Å²) in [5.74, 6) is 0.0475. The van der Waals surface area contributed by atoms with E-state index >= 15 is 0 Å². The van der Waals surface area contributed by atoms with Crippen LogP contribution in [0, 0.1) is 6.92 Å². The van der Waals surface area contributed by atoms with Crippen molar-refractivity contribution in [3.05, 3.63) is 23.0 Å². The first-order chi connectivity index (χ1) is 8.13. The van der Waals surface area contributed by atoms with Crippen LogP contribution in [0.1, 0.15) is 28.7 Å². The average molecular weight is 271 g/mol. The van der Waals surface area contributed by atoms with Gasteiger partial charge >= 0.3 is 0 Å². The first-order valence-corrected chi connectivity index (χ1v) is 5.94. The van der Waals surface area contributed by atoms with Crippen molar-refractivity contribution in [2.75, 3.05) is 20.1 Å². The highest BCUT2D eigenvalue weighted by Gasteiger charge is 2.27. The molecule has 0 bridgehead atoms. The highest BCUT2D eigenvalue weighted by molar-refractivity contribution is 5.95. The molecule has 5 nitrogen and oxygen atoms in total. The number of rotatable bonds is 3. The zero-order chi connectivity index (χ0) is 12.4. The minimum absolute atomic E-state index is 0. The van der Waals surface area contributed by atoms with Crippen LogP contribution in [0.3, 0.4) is 0 Å². The molecule has 0 aromatic carbocycles. The Kier molecular flexibility index (Phi) is 5.04. The van der Waals surface area contributed by atoms with E-state index in [1.165, 1.54) is 0 Å². The normalized spacial score (nSPS) is 14.6. The van der Waals surface area contributed by atoms with Crippen LogP contribution in [0.15, 0.2) is 6.07 Å². The van der Waals surface area contributed by atoms with Crippen molar-refractivity contribution in [3.8, 4) is 0 Å². The molecule has 0 radical (unpaired) electrons. The van der Waals surface area contributed by atoms with Crippen LogP contribution in [0.2, 0.25) is 0 Å². The number of carbonyl (C=O) groups excluding carboxylic acids is 1. The Hall–Kier alpha value is -1.20. The summed E-state index contributed by atoms with van der Waals surface area (Å²) in [7, 11) is 1.85. The van der Waals surface area contributed by atoms with Gasteiger partial charge in [0, 0.05) is 20.1 Å². The molecule has 0 unspecified atom stereocenters. The molecule has 1 amide bonds. The van der Waals surface area contributed by atoms with Gasteiger partial charge in [-0.2, -0.15) is 10.2 Å². The summed E-state index contributed by atoms with van der Waals surface area (Å²) in [6, 6.07) is 2.14. The molecule has 0 spiro atoms. The molecule has 1 N–H and O–H groups in total. The van der Waals surface area contributed by atoms with Crippen LogP contribution in [-0.4, -0.2) is 47.2 Å². The summed E-state index contributed by atoms with van der Waals surface area (Å²) < 4.78 is 0. The number of halogens is 1. The summed E-state index contributed by atoms with van der Waals surface area (Å²) in [6.07, 6.45) is 0.727. The number of hydrogen-bond donors (Lipinski definition) is 1. The Labute approximate surface area is 113 Å². The van der Waals surface area contributed by atoms with Crippen molar-refractivity contribution in [3.63, 3.8) is 0 Å². The molecule has 18 heavy (non-hydrogen) atoms. The topological polar surface area (TPSA) is 58.1 Å².